The van der Waals surface area contributed by atoms with Gasteiger partial charge in [0.2, 0.25) is 0 Å². The van der Waals surface area contributed by atoms with Crippen LogP contribution in [0.2, 0.25) is 0 Å². The van der Waals surface area contributed by atoms with Crippen molar-refractivity contribution in [3.63, 3.8) is 0 Å². The second kappa shape index (κ2) is 3.73. The van der Waals surface area contributed by atoms with Gasteiger partial charge in [-0.05, 0) is 65.3 Å². The fraction of sp³-hybridized carbons (Fsp3) is 0.529. The molecule has 90 valence electrons. The summed E-state index contributed by atoms with van der Waals surface area (Å²) in [6, 6.07) is 4.74. The molecule has 0 aliphatic heterocycles. The van der Waals surface area contributed by atoms with Gasteiger partial charge in [-0.1, -0.05) is 39.0 Å². The van der Waals surface area contributed by atoms with Crippen molar-refractivity contribution in [3.05, 3.63) is 40.5 Å². The smallest absolute Gasteiger partial charge is 0.00853 e. The molecule has 0 saturated heterocycles. The maximum Gasteiger partial charge on any atom is -0.00853 e. The molecular weight excluding hydrogens is 204 g/mol. The van der Waals surface area contributed by atoms with E-state index in [0.29, 0.717) is 5.41 Å². The van der Waals surface area contributed by atoms with Gasteiger partial charge in [0.15, 0.2) is 0 Å². The van der Waals surface area contributed by atoms with Crippen LogP contribution < -0.4 is 0 Å². The molecule has 0 spiro atoms. The van der Waals surface area contributed by atoms with E-state index in [1.165, 1.54) is 25.7 Å². The third-order valence-electron chi connectivity index (χ3n) is 3.98. The van der Waals surface area contributed by atoms with E-state index in [-0.39, 0.29) is 0 Å². The van der Waals surface area contributed by atoms with Crippen LogP contribution in [-0.2, 0) is 19.3 Å². The highest BCUT2D eigenvalue weighted by molar-refractivity contribution is 5.77. The maximum atomic E-state index is 2.47. The molecule has 0 bridgehead atoms. The van der Waals surface area contributed by atoms with Crippen LogP contribution in [0.25, 0.3) is 5.57 Å². The van der Waals surface area contributed by atoms with E-state index in [1.54, 1.807) is 27.8 Å². The molecule has 2 aliphatic carbocycles. The standard InChI is InChI=1S/C17H22/c1-17(2,3)11-14-10-9-13-8-7-12-5-4-6-15(12)16(13)14/h7-8,10H,4-6,9,11H2,1-3H3. The number of benzene rings is 1. The summed E-state index contributed by atoms with van der Waals surface area (Å²) < 4.78 is 0. The third kappa shape index (κ3) is 1.94. The molecule has 0 aromatic heterocycles. The summed E-state index contributed by atoms with van der Waals surface area (Å²) in [5.74, 6) is 0. The van der Waals surface area contributed by atoms with Gasteiger partial charge in [0, 0.05) is 0 Å². The Morgan fingerprint density at radius 2 is 1.82 bits per heavy atom. The summed E-state index contributed by atoms with van der Waals surface area (Å²) in [6.07, 6.45) is 8.80. The minimum absolute atomic E-state index is 0.398. The zero-order valence-corrected chi connectivity index (χ0v) is 11.3. The average Bonchev–Trinajstić information content (AvgIpc) is 2.80. The lowest BCUT2D eigenvalue weighted by Gasteiger charge is -2.21. The first-order valence-corrected chi connectivity index (χ1v) is 6.88. The fourth-order valence-electron chi connectivity index (χ4n) is 3.35. The van der Waals surface area contributed by atoms with Crippen molar-refractivity contribution in [2.75, 3.05) is 0 Å². The van der Waals surface area contributed by atoms with Gasteiger partial charge in [-0.15, -0.1) is 0 Å². The van der Waals surface area contributed by atoms with Crippen LogP contribution in [0, 0.1) is 5.41 Å². The molecule has 0 heteroatoms. The summed E-state index contributed by atoms with van der Waals surface area (Å²) >= 11 is 0. The van der Waals surface area contributed by atoms with Crippen molar-refractivity contribution in [1.29, 1.82) is 0 Å². The summed E-state index contributed by atoms with van der Waals surface area (Å²) in [5, 5.41) is 0. The summed E-state index contributed by atoms with van der Waals surface area (Å²) in [7, 11) is 0. The number of rotatable bonds is 1. The van der Waals surface area contributed by atoms with Gasteiger partial charge < -0.3 is 0 Å². The lowest BCUT2D eigenvalue weighted by Crippen LogP contribution is -2.06. The average molecular weight is 226 g/mol. The highest BCUT2D eigenvalue weighted by Crippen LogP contribution is 2.41. The first-order valence-electron chi connectivity index (χ1n) is 6.88. The van der Waals surface area contributed by atoms with Crippen molar-refractivity contribution in [1.82, 2.24) is 0 Å². The van der Waals surface area contributed by atoms with E-state index in [9.17, 15) is 0 Å². The molecule has 3 rings (SSSR count). The molecular formula is C17H22. The zero-order valence-electron chi connectivity index (χ0n) is 11.3. The normalized spacial score (nSPS) is 17.9. The van der Waals surface area contributed by atoms with Crippen LogP contribution in [0.3, 0.4) is 0 Å². The molecule has 2 aliphatic rings. The highest BCUT2D eigenvalue weighted by atomic mass is 14.3. The van der Waals surface area contributed by atoms with Gasteiger partial charge in [0.05, 0.1) is 0 Å². The Kier molecular flexibility index (Phi) is 2.43. The van der Waals surface area contributed by atoms with Crippen LogP contribution in [0.1, 0.15) is 55.9 Å². The van der Waals surface area contributed by atoms with Crippen molar-refractivity contribution < 1.29 is 0 Å². The van der Waals surface area contributed by atoms with Gasteiger partial charge in [0.1, 0.15) is 0 Å². The van der Waals surface area contributed by atoms with Gasteiger partial charge in [-0.25, -0.2) is 0 Å². The van der Waals surface area contributed by atoms with E-state index in [1.807, 2.05) is 0 Å². The molecule has 0 saturated carbocycles. The number of hydrogen-bond donors (Lipinski definition) is 0. The SMILES string of the molecule is CC(C)(C)CC1=CCc2ccc3c(c21)CCC3. The maximum absolute atomic E-state index is 2.47. The molecule has 0 amide bonds. The van der Waals surface area contributed by atoms with Crippen molar-refractivity contribution >= 4 is 5.57 Å². The van der Waals surface area contributed by atoms with E-state index < -0.39 is 0 Å². The van der Waals surface area contributed by atoms with Gasteiger partial charge >= 0.3 is 0 Å². The molecule has 17 heavy (non-hydrogen) atoms. The number of allylic oxidation sites excluding steroid dienone is 2. The Morgan fingerprint density at radius 3 is 2.59 bits per heavy atom. The minimum Gasteiger partial charge on any atom is -0.0763 e. The monoisotopic (exact) mass is 226 g/mol. The lowest BCUT2D eigenvalue weighted by molar-refractivity contribution is 0.427. The van der Waals surface area contributed by atoms with Crippen LogP contribution in [0.4, 0.5) is 0 Å². The molecule has 0 nitrogen and oxygen atoms in total. The molecule has 0 heterocycles. The number of fused-ring (bicyclic) bond motifs is 3. The van der Waals surface area contributed by atoms with Crippen LogP contribution in [0.5, 0.6) is 0 Å². The lowest BCUT2D eigenvalue weighted by atomic mass is 9.84. The Bertz CT molecular complexity index is 483. The molecule has 1 aromatic rings. The summed E-state index contributed by atoms with van der Waals surface area (Å²) in [6.45, 7) is 7.03. The van der Waals surface area contributed by atoms with Crippen molar-refractivity contribution in [2.24, 2.45) is 5.41 Å². The quantitative estimate of drug-likeness (QED) is 0.659. The van der Waals surface area contributed by atoms with Crippen molar-refractivity contribution in [3.8, 4) is 0 Å². The first kappa shape index (κ1) is 11.1. The zero-order chi connectivity index (χ0) is 12.0. The van der Waals surface area contributed by atoms with Gasteiger partial charge in [-0.2, -0.15) is 0 Å². The fourth-order valence-corrected chi connectivity index (χ4v) is 3.35. The van der Waals surface area contributed by atoms with Gasteiger partial charge in [-0.3, -0.25) is 0 Å². The van der Waals surface area contributed by atoms with Crippen LogP contribution in [-0.4, -0.2) is 0 Å². The van der Waals surface area contributed by atoms with E-state index >= 15 is 0 Å². The van der Waals surface area contributed by atoms with Crippen LogP contribution >= 0.6 is 0 Å². The van der Waals surface area contributed by atoms with Crippen molar-refractivity contribution in [2.45, 2.75) is 52.9 Å². The largest absolute Gasteiger partial charge is 0.0763 e. The van der Waals surface area contributed by atoms with E-state index in [0.717, 1.165) is 6.42 Å². The van der Waals surface area contributed by atoms with E-state index in [2.05, 4.69) is 39.0 Å². The second-order valence-electron chi connectivity index (χ2n) is 6.76. The van der Waals surface area contributed by atoms with Crippen LogP contribution in [0.15, 0.2) is 18.2 Å². The second-order valence-corrected chi connectivity index (χ2v) is 6.76. The molecule has 0 fully saturated rings. The Hall–Kier alpha value is -1.04. The first-order chi connectivity index (χ1) is 8.04. The topological polar surface area (TPSA) is 0 Å². The summed E-state index contributed by atoms with van der Waals surface area (Å²) in [5.41, 5.74) is 8.52. The number of hydrogen-bond acceptors (Lipinski definition) is 0. The molecule has 0 N–H and O–H groups in total. The van der Waals surface area contributed by atoms with E-state index in [4.69, 9.17) is 0 Å². The molecule has 0 radical (unpaired) electrons. The predicted molar refractivity (Wildman–Crippen MR) is 74.2 cm³/mol. The number of aryl methyl sites for hydroxylation is 1. The molecule has 0 atom stereocenters. The molecule has 0 unspecified atom stereocenters. The third-order valence-corrected chi connectivity index (χ3v) is 3.98. The molecule has 1 aromatic carbocycles. The minimum atomic E-state index is 0.398. The predicted octanol–water partition coefficient (Wildman–Crippen LogP) is 4.55. The van der Waals surface area contributed by atoms with Gasteiger partial charge in [0.25, 0.3) is 0 Å². The summed E-state index contributed by atoms with van der Waals surface area (Å²) in [4.78, 5) is 0. The Labute approximate surface area is 105 Å². The highest BCUT2D eigenvalue weighted by Gasteiger charge is 2.25. The Balaban J connectivity index is 2.03. The Morgan fingerprint density at radius 1 is 1.06 bits per heavy atom.